The molecule has 0 spiro atoms. The lowest BCUT2D eigenvalue weighted by Crippen LogP contribution is -1.86. The van der Waals surface area contributed by atoms with Crippen molar-refractivity contribution in [1.82, 2.24) is 4.98 Å². The van der Waals surface area contributed by atoms with Crippen LogP contribution in [0.1, 0.15) is 5.56 Å². The topological polar surface area (TPSA) is 53.1 Å². The number of nitrogens with one attached hydrogen (secondary N) is 1. The van der Waals surface area contributed by atoms with Gasteiger partial charge in [-0.25, -0.2) is 9.18 Å². The van der Waals surface area contributed by atoms with Crippen molar-refractivity contribution in [3.63, 3.8) is 0 Å². The number of fused-ring (bicyclic) bond motifs is 1. The molecule has 0 unspecified atom stereocenters. The zero-order valence-electron chi connectivity index (χ0n) is 7.70. The van der Waals surface area contributed by atoms with E-state index in [4.69, 9.17) is 5.11 Å². The van der Waals surface area contributed by atoms with Crippen molar-refractivity contribution in [1.29, 1.82) is 0 Å². The smallest absolute Gasteiger partial charge is 0.328 e. The number of carboxylic acid groups (broad SMARTS) is 1. The van der Waals surface area contributed by atoms with Crippen LogP contribution in [0.3, 0.4) is 0 Å². The van der Waals surface area contributed by atoms with Crippen LogP contribution in [0.2, 0.25) is 0 Å². The predicted octanol–water partition coefficient (Wildman–Crippen LogP) is 2.40. The zero-order valence-corrected chi connectivity index (χ0v) is 7.70. The van der Waals surface area contributed by atoms with Crippen LogP contribution in [0.15, 0.2) is 30.5 Å². The molecule has 1 aromatic heterocycles. The summed E-state index contributed by atoms with van der Waals surface area (Å²) in [6, 6.07) is 5.13. The van der Waals surface area contributed by atoms with E-state index in [1.54, 1.807) is 18.2 Å². The van der Waals surface area contributed by atoms with E-state index >= 15 is 0 Å². The van der Waals surface area contributed by atoms with E-state index in [1.807, 2.05) is 0 Å². The summed E-state index contributed by atoms with van der Waals surface area (Å²) >= 11 is 0. The second kappa shape index (κ2) is 3.57. The van der Waals surface area contributed by atoms with Crippen LogP contribution < -0.4 is 0 Å². The maximum atomic E-state index is 13.3. The Balaban J connectivity index is 2.59. The molecule has 0 aliphatic carbocycles. The van der Waals surface area contributed by atoms with E-state index < -0.39 is 5.97 Å². The predicted molar refractivity (Wildman–Crippen MR) is 54.9 cm³/mol. The van der Waals surface area contributed by atoms with Crippen LogP contribution in [-0.2, 0) is 4.79 Å². The summed E-state index contributed by atoms with van der Waals surface area (Å²) in [6.07, 6.45) is 3.62. The molecule has 0 aliphatic heterocycles. The minimum absolute atomic E-state index is 0.379. The van der Waals surface area contributed by atoms with E-state index in [-0.39, 0.29) is 5.82 Å². The van der Waals surface area contributed by atoms with E-state index in [0.717, 1.165) is 6.08 Å². The molecule has 4 heteroatoms. The molecule has 3 nitrogen and oxygen atoms in total. The summed E-state index contributed by atoms with van der Waals surface area (Å²) in [5.74, 6) is -1.43. The molecule has 76 valence electrons. The highest BCUT2D eigenvalue weighted by Crippen LogP contribution is 2.22. The van der Waals surface area contributed by atoms with Gasteiger partial charge in [0.2, 0.25) is 0 Å². The van der Waals surface area contributed by atoms with Gasteiger partial charge in [-0.15, -0.1) is 0 Å². The molecule has 0 aliphatic rings. The van der Waals surface area contributed by atoms with Crippen LogP contribution in [-0.4, -0.2) is 16.1 Å². The fraction of sp³-hybridized carbons (Fsp3) is 0. The second-order valence-corrected chi connectivity index (χ2v) is 3.08. The highest BCUT2D eigenvalue weighted by atomic mass is 19.1. The van der Waals surface area contributed by atoms with Gasteiger partial charge in [-0.1, -0.05) is 12.1 Å². The van der Waals surface area contributed by atoms with E-state index in [9.17, 15) is 9.18 Å². The van der Waals surface area contributed by atoms with Crippen molar-refractivity contribution in [2.24, 2.45) is 0 Å². The molecule has 1 aromatic carbocycles. The molecule has 0 fully saturated rings. The molecule has 0 radical (unpaired) electrons. The van der Waals surface area contributed by atoms with Gasteiger partial charge in [0.05, 0.1) is 0 Å². The van der Waals surface area contributed by atoms with Gasteiger partial charge in [0.15, 0.2) is 0 Å². The SMILES string of the molecule is O=C(O)/C=C/c1cccc2[nH]cc(F)c12. The number of aromatic nitrogens is 1. The Morgan fingerprint density at radius 3 is 3.00 bits per heavy atom. The van der Waals surface area contributed by atoms with Gasteiger partial charge in [0, 0.05) is 23.2 Å². The third-order valence-electron chi connectivity index (χ3n) is 2.10. The molecule has 1 heterocycles. The molecule has 2 aromatic rings. The monoisotopic (exact) mass is 205 g/mol. The average molecular weight is 205 g/mol. The van der Waals surface area contributed by atoms with E-state index in [2.05, 4.69) is 4.98 Å². The molecular weight excluding hydrogens is 197 g/mol. The Morgan fingerprint density at radius 2 is 2.27 bits per heavy atom. The lowest BCUT2D eigenvalue weighted by Gasteiger charge is -1.96. The number of aromatic amines is 1. The largest absolute Gasteiger partial charge is 0.478 e. The van der Waals surface area contributed by atoms with Crippen LogP contribution in [0.25, 0.3) is 17.0 Å². The third-order valence-corrected chi connectivity index (χ3v) is 2.10. The summed E-state index contributed by atoms with van der Waals surface area (Å²) < 4.78 is 13.3. The Labute approximate surface area is 84.8 Å². The van der Waals surface area contributed by atoms with Crippen molar-refractivity contribution in [3.8, 4) is 0 Å². The lowest BCUT2D eigenvalue weighted by molar-refractivity contribution is -0.131. The summed E-state index contributed by atoms with van der Waals surface area (Å²) in [7, 11) is 0. The number of carboxylic acids is 1. The molecule has 0 amide bonds. The summed E-state index contributed by atoms with van der Waals surface area (Å²) in [4.78, 5) is 13.1. The Hall–Kier alpha value is -2.10. The lowest BCUT2D eigenvalue weighted by atomic mass is 10.1. The first-order valence-corrected chi connectivity index (χ1v) is 4.35. The summed E-state index contributed by atoms with van der Waals surface area (Å²) in [5.41, 5.74) is 1.20. The van der Waals surface area contributed by atoms with Gasteiger partial charge < -0.3 is 10.1 Å². The minimum Gasteiger partial charge on any atom is -0.478 e. The minimum atomic E-state index is -1.05. The van der Waals surface area contributed by atoms with Crippen molar-refractivity contribution < 1.29 is 14.3 Å². The van der Waals surface area contributed by atoms with Crippen LogP contribution in [0, 0.1) is 5.82 Å². The fourth-order valence-corrected chi connectivity index (χ4v) is 1.47. The average Bonchev–Trinajstić information content (AvgIpc) is 2.58. The first-order valence-electron chi connectivity index (χ1n) is 4.35. The molecule has 2 N–H and O–H groups in total. The normalized spacial score (nSPS) is 11.3. The number of hydrogen-bond acceptors (Lipinski definition) is 1. The van der Waals surface area contributed by atoms with E-state index in [1.165, 1.54) is 12.3 Å². The van der Waals surface area contributed by atoms with Crippen LogP contribution in [0.5, 0.6) is 0 Å². The molecule has 0 bridgehead atoms. The molecule has 0 saturated heterocycles. The maximum absolute atomic E-state index is 13.3. The molecule has 15 heavy (non-hydrogen) atoms. The Morgan fingerprint density at radius 1 is 1.47 bits per heavy atom. The third kappa shape index (κ3) is 1.74. The highest BCUT2D eigenvalue weighted by Gasteiger charge is 2.05. The molecule has 2 rings (SSSR count). The first kappa shape index (κ1) is 9.45. The summed E-state index contributed by atoms with van der Waals surface area (Å²) in [6.45, 7) is 0. The molecule has 0 saturated carbocycles. The van der Waals surface area contributed by atoms with Crippen molar-refractivity contribution >= 4 is 22.9 Å². The highest BCUT2D eigenvalue weighted by molar-refractivity contribution is 5.93. The van der Waals surface area contributed by atoms with Crippen LogP contribution >= 0.6 is 0 Å². The maximum Gasteiger partial charge on any atom is 0.328 e. The van der Waals surface area contributed by atoms with E-state index in [0.29, 0.717) is 16.5 Å². The number of benzene rings is 1. The van der Waals surface area contributed by atoms with Gasteiger partial charge >= 0.3 is 5.97 Å². The molecule has 0 atom stereocenters. The first-order chi connectivity index (χ1) is 7.18. The number of halogens is 1. The quantitative estimate of drug-likeness (QED) is 0.739. The number of H-pyrrole nitrogens is 1. The Kier molecular flexibility index (Phi) is 2.25. The Bertz CT molecular complexity index is 543. The van der Waals surface area contributed by atoms with Gasteiger partial charge in [0.1, 0.15) is 5.82 Å². The second-order valence-electron chi connectivity index (χ2n) is 3.08. The number of aliphatic carboxylic acids is 1. The zero-order chi connectivity index (χ0) is 10.8. The molecular formula is C11H8FNO2. The number of carbonyl (C=O) groups is 1. The van der Waals surface area contributed by atoms with Gasteiger partial charge in [0.25, 0.3) is 0 Å². The standard InChI is InChI=1S/C11H8FNO2/c12-8-6-13-9-3-1-2-7(11(8)9)4-5-10(14)15/h1-6,13H,(H,14,15)/b5-4+. The van der Waals surface area contributed by atoms with Gasteiger partial charge in [-0.2, -0.15) is 0 Å². The van der Waals surface area contributed by atoms with Gasteiger partial charge in [-0.3, -0.25) is 0 Å². The van der Waals surface area contributed by atoms with Crippen molar-refractivity contribution in [2.75, 3.05) is 0 Å². The van der Waals surface area contributed by atoms with Crippen molar-refractivity contribution in [3.05, 3.63) is 41.9 Å². The fourth-order valence-electron chi connectivity index (χ4n) is 1.47. The number of rotatable bonds is 2. The van der Waals surface area contributed by atoms with Crippen molar-refractivity contribution in [2.45, 2.75) is 0 Å². The number of hydrogen-bond donors (Lipinski definition) is 2. The van der Waals surface area contributed by atoms with Crippen LogP contribution in [0.4, 0.5) is 4.39 Å². The summed E-state index contributed by atoms with van der Waals surface area (Å²) in [5, 5.41) is 8.89. The van der Waals surface area contributed by atoms with Gasteiger partial charge in [-0.05, 0) is 17.7 Å².